The summed E-state index contributed by atoms with van der Waals surface area (Å²) in [6.45, 7) is 3.89. The van der Waals surface area contributed by atoms with Crippen LogP contribution in [0.1, 0.15) is 142 Å². The Morgan fingerprint density at radius 1 is 0.480 bits per heavy atom. The summed E-state index contributed by atoms with van der Waals surface area (Å²) in [6.07, 6.45) is 57.2. The van der Waals surface area contributed by atoms with Crippen molar-refractivity contribution >= 4 is 11.9 Å². The SMILES string of the molecule is CCC=CCC=CCC=CCC=CCC=CCCCCCC(=O)OCC(CO)OC(=O)CCCC=CCC=CCC=CCC=CCCCCC. The highest BCUT2D eigenvalue weighted by molar-refractivity contribution is 5.70. The van der Waals surface area contributed by atoms with E-state index < -0.39 is 6.10 Å². The lowest BCUT2D eigenvalue weighted by Crippen LogP contribution is -2.28. The lowest BCUT2D eigenvalue weighted by atomic mass is 10.1. The molecule has 5 heteroatoms. The van der Waals surface area contributed by atoms with Gasteiger partial charge in [-0.3, -0.25) is 9.59 Å². The molecule has 0 aliphatic carbocycles. The van der Waals surface area contributed by atoms with Gasteiger partial charge >= 0.3 is 11.9 Å². The Balaban J connectivity index is 3.77. The predicted molar refractivity (Wildman–Crippen MR) is 214 cm³/mol. The Kier molecular flexibility index (Phi) is 37.2. The lowest BCUT2D eigenvalue weighted by Gasteiger charge is -2.15. The van der Waals surface area contributed by atoms with Gasteiger partial charge in [0.1, 0.15) is 6.61 Å². The Hall–Kier alpha value is -3.44. The summed E-state index contributed by atoms with van der Waals surface area (Å²) in [7, 11) is 0. The first kappa shape index (κ1) is 46.6. The van der Waals surface area contributed by atoms with E-state index in [0.29, 0.717) is 12.8 Å². The Morgan fingerprint density at radius 2 is 0.880 bits per heavy atom. The summed E-state index contributed by atoms with van der Waals surface area (Å²) in [6, 6.07) is 0. The molecule has 1 unspecified atom stereocenters. The maximum absolute atomic E-state index is 12.1. The van der Waals surface area contributed by atoms with Crippen LogP contribution in [0.15, 0.2) is 109 Å². The molecule has 5 nitrogen and oxygen atoms in total. The van der Waals surface area contributed by atoms with Gasteiger partial charge in [-0.1, -0.05) is 142 Å². The molecule has 50 heavy (non-hydrogen) atoms. The second kappa shape index (κ2) is 40.0. The molecule has 0 heterocycles. The topological polar surface area (TPSA) is 72.8 Å². The summed E-state index contributed by atoms with van der Waals surface area (Å²) in [5.41, 5.74) is 0. The summed E-state index contributed by atoms with van der Waals surface area (Å²) < 4.78 is 10.5. The van der Waals surface area contributed by atoms with Crippen LogP contribution < -0.4 is 0 Å². The smallest absolute Gasteiger partial charge is 0.306 e. The maximum Gasteiger partial charge on any atom is 0.306 e. The highest BCUT2D eigenvalue weighted by atomic mass is 16.6. The molecule has 0 bridgehead atoms. The van der Waals surface area contributed by atoms with Gasteiger partial charge in [-0.25, -0.2) is 0 Å². The number of hydrogen-bond acceptors (Lipinski definition) is 5. The number of aliphatic hydroxyl groups is 1. The maximum atomic E-state index is 12.1. The average Bonchev–Trinajstić information content (AvgIpc) is 3.12. The summed E-state index contributed by atoms with van der Waals surface area (Å²) in [5, 5.41) is 9.54. The van der Waals surface area contributed by atoms with Crippen LogP contribution in [0.5, 0.6) is 0 Å². The number of hydrogen-bond donors (Lipinski definition) is 1. The zero-order valence-electron chi connectivity index (χ0n) is 31.6. The molecule has 0 radical (unpaired) electrons. The molecule has 0 aliphatic heterocycles. The molecule has 0 rings (SSSR count). The van der Waals surface area contributed by atoms with Crippen molar-refractivity contribution in [2.24, 2.45) is 0 Å². The number of esters is 2. The fourth-order valence-corrected chi connectivity index (χ4v) is 4.63. The molecular weight excluding hydrogens is 620 g/mol. The van der Waals surface area contributed by atoms with Crippen LogP contribution in [-0.4, -0.2) is 36.4 Å². The molecule has 1 N–H and O–H groups in total. The zero-order valence-corrected chi connectivity index (χ0v) is 31.6. The van der Waals surface area contributed by atoms with Crippen LogP contribution in [0.4, 0.5) is 0 Å². The molecule has 0 aliphatic rings. The number of unbranched alkanes of at least 4 members (excludes halogenated alkanes) is 7. The number of carbonyl (C=O) groups is 2. The van der Waals surface area contributed by atoms with E-state index in [-0.39, 0.29) is 31.6 Å². The van der Waals surface area contributed by atoms with Crippen LogP contribution in [0.3, 0.4) is 0 Å². The Morgan fingerprint density at radius 3 is 1.32 bits per heavy atom. The molecule has 0 saturated carbocycles. The van der Waals surface area contributed by atoms with E-state index in [1.165, 1.54) is 25.7 Å². The second-order valence-corrected chi connectivity index (χ2v) is 12.3. The van der Waals surface area contributed by atoms with Gasteiger partial charge in [0.25, 0.3) is 0 Å². The van der Waals surface area contributed by atoms with E-state index >= 15 is 0 Å². The van der Waals surface area contributed by atoms with Gasteiger partial charge in [-0.2, -0.15) is 0 Å². The van der Waals surface area contributed by atoms with Gasteiger partial charge in [-0.15, -0.1) is 0 Å². The first-order chi connectivity index (χ1) is 24.6. The van der Waals surface area contributed by atoms with Crippen molar-refractivity contribution in [3.05, 3.63) is 109 Å². The molecule has 0 amide bonds. The number of rotatable bonds is 33. The summed E-state index contributed by atoms with van der Waals surface area (Å²) in [5.74, 6) is -0.707. The van der Waals surface area contributed by atoms with E-state index in [0.717, 1.165) is 83.5 Å². The zero-order chi connectivity index (χ0) is 36.4. The van der Waals surface area contributed by atoms with Crippen molar-refractivity contribution in [3.8, 4) is 0 Å². The first-order valence-electron chi connectivity index (χ1n) is 19.4. The minimum atomic E-state index is -0.821. The molecular formula is C45H70O5. The largest absolute Gasteiger partial charge is 0.462 e. The molecule has 0 saturated heterocycles. The monoisotopic (exact) mass is 691 g/mol. The van der Waals surface area contributed by atoms with Crippen LogP contribution in [0, 0.1) is 0 Å². The van der Waals surface area contributed by atoms with Gasteiger partial charge in [0.05, 0.1) is 6.61 Å². The molecule has 0 aromatic carbocycles. The minimum absolute atomic E-state index is 0.113. The van der Waals surface area contributed by atoms with Crippen molar-refractivity contribution < 1.29 is 24.2 Å². The number of carbonyl (C=O) groups excluding carboxylic acids is 2. The van der Waals surface area contributed by atoms with Crippen molar-refractivity contribution in [1.82, 2.24) is 0 Å². The van der Waals surface area contributed by atoms with Gasteiger partial charge < -0.3 is 14.6 Å². The molecule has 0 aromatic rings. The predicted octanol–water partition coefficient (Wildman–Crippen LogP) is 12.3. The van der Waals surface area contributed by atoms with Gasteiger partial charge in [0, 0.05) is 12.8 Å². The van der Waals surface area contributed by atoms with E-state index in [1.807, 2.05) is 0 Å². The molecule has 280 valence electrons. The standard InChI is InChI=1S/C45H70O5/c1-3-5-7-9-11-13-15-17-19-21-22-24-25-27-29-31-33-35-37-39-44(47)49-42-43(41-46)50-45(48)40-38-36-34-32-30-28-26-23-20-18-16-14-12-10-8-6-4-2/h5,7,11-14,17-20,22,24,26-29,32,34,43,46H,3-4,6,8-10,15-16,21,23,25,30-31,33,35-42H2,1-2H3. The molecule has 0 spiro atoms. The summed E-state index contributed by atoms with van der Waals surface area (Å²) >= 11 is 0. The van der Waals surface area contributed by atoms with Crippen LogP contribution in [0.25, 0.3) is 0 Å². The van der Waals surface area contributed by atoms with Crippen molar-refractivity contribution in [1.29, 1.82) is 0 Å². The second-order valence-electron chi connectivity index (χ2n) is 12.3. The van der Waals surface area contributed by atoms with Crippen molar-refractivity contribution in [2.45, 2.75) is 148 Å². The minimum Gasteiger partial charge on any atom is -0.462 e. The van der Waals surface area contributed by atoms with Gasteiger partial charge in [0.15, 0.2) is 6.10 Å². The Bertz CT molecular complexity index is 1050. The number of aliphatic hydroxyl groups excluding tert-OH is 1. The van der Waals surface area contributed by atoms with Crippen LogP contribution in [0.2, 0.25) is 0 Å². The number of allylic oxidation sites excluding steroid dienone is 18. The third kappa shape index (κ3) is 37.4. The van der Waals surface area contributed by atoms with Crippen LogP contribution >= 0.6 is 0 Å². The third-order valence-corrected chi connectivity index (χ3v) is 7.55. The molecule has 0 fully saturated rings. The van der Waals surface area contributed by atoms with Gasteiger partial charge in [-0.05, 0) is 96.3 Å². The number of ether oxygens (including phenoxy) is 2. The van der Waals surface area contributed by atoms with Crippen molar-refractivity contribution in [3.63, 3.8) is 0 Å². The lowest BCUT2D eigenvalue weighted by molar-refractivity contribution is -0.161. The Labute approximate surface area is 306 Å². The first-order valence-corrected chi connectivity index (χ1v) is 19.4. The molecule has 0 aromatic heterocycles. The van der Waals surface area contributed by atoms with E-state index in [1.54, 1.807) is 0 Å². The van der Waals surface area contributed by atoms with E-state index in [4.69, 9.17) is 9.47 Å². The quantitative estimate of drug-likeness (QED) is 0.0421. The normalized spacial score (nSPS) is 13.4. The van der Waals surface area contributed by atoms with E-state index in [2.05, 4.69) is 123 Å². The fourth-order valence-electron chi connectivity index (χ4n) is 4.63. The molecule has 1 atom stereocenters. The van der Waals surface area contributed by atoms with Crippen LogP contribution in [-0.2, 0) is 19.1 Å². The van der Waals surface area contributed by atoms with Crippen molar-refractivity contribution in [2.75, 3.05) is 13.2 Å². The highest BCUT2D eigenvalue weighted by Gasteiger charge is 2.15. The highest BCUT2D eigenvalue weighted by Crippen LogP contribution is 2.08. The fraction of sp³-hybridized carbons (Fsp3) is 0.556. The van der Waals surface area contributed by atoms with Gasteiger partial charge in [0.2, 0.25) is 0 Å². The van der Waals surface area contributed by atoms with E-state index in [9.17, 15) is 14.7 Å². The third-order valence-electron chi connectivity index (χ3n) is 7.55. The average molecular weight is 691 g/mol. The summed E-state index contributed by atoms with van der Waals surface area (Å²) in [4.78, 5) is 24.2.